The zero-order chi connectivity index (χ0) is 18.0. The molecule has 0 bridgehead atoms. The van der Waals surface area contributed by atoms with Crippen molar-refractivity contribution in [3.63, 3.8) is 0 Å². The first-order valence-corrected chi connectivity index (χ1v) is 8.75. The van der Waals surface area contributed by atoms with Gasteiger partial charge in [-0.2, -0.15) is 0 Å². The quantitative estimate of drug-likeness (QED) is 0.855. The van der Waals surface area contributed by atoms with Crippen molar-refractivity contribution in [1.82, 2.24) is 10.2 Å². The zero-order valence-corrected chi connectivity index (χ0v) is 14.4. The molecule has 1 aromatic rings. The molecule has 3 rings (SSSR count). The Morgan fingerprint density at radius 2 is 2.04 bits per heavy atom. The minimum absolute atomic E-state index is 0.0462. The fourth-order valence-electron chi connectivity index (χ4n) is 4.32. The molecular weight excluding hydrogens is 320 g/mol. The molecule has 1 unspecified atom stereocenters. The van der Waals surface area contributed by atoms with Crippen LogP contribution < -0.4 is 5.32 Å². The summed E-state index contributed by atoms with van der Waals surface area (Å²) in [7, 11) is 0. The van der Waals surface area contributed by atoms with Crippen LogP contribution in [-0.4, -0.2) is 40.9 Å². The lowest BCUT2D eigenvalue weighted by atomic mass is 9.81. The van der Waals surface area contributed by atoms with Crippen LogP contribution in [0.25, 0.3) is 0 Å². The number of hydrogen-bond acceptors (Lipinski definition) is 3. The minimum Gasteiger partial charge on any atom is -0.481 e. The highest BCUT2D eigenvalue weighted by molar-refractivity contribution is 5.82. The molecule has 2 aliphatic rings. The maximum atomic E-state index is 12.8. The lowest BCUT2D eigenvalue weighted by molar-refractivity contribution is -0.149. The van der Waals surface area contributed by atoms with Crippen LogP contribution in [-0.2, 0) is 14.4 Å². The number of carboxylic acid groups (broad SMARTS) is 1. The topological polar surface area (TPSA) is 86.7 Å². The molecule has 1 aliphatic heterocycles. The Labute approximate surface area is 147 Å². The van der Waals surface area contributed by atoms with Gasteiger partial charge >= 0.3 is 5.97 Å². The number of aliphatic carboxylic acids is 1. The van der Waals surface area contributed by atoms with E-state index in [2.05, 4.69) is 5.32 Å². The number of hydrogen-bond donors (Lipinski definition) is 2. The molecular formula is C19H24N2O4. The minimum atomic E-state index is -0.785. The van der Waals surface area contributed by atoms with Crippen molar-refractivity contribution in [3.05, 3.63) is 35.9 Å². The molecule has 0 aromatic heterocycles. The molecule has 134 valence electrons. The second-order valence-electron chi connectivity index (χ2n) is 7.19. The summed E-state index contributed by atoms with van der Waals surface area (Å²) in [6.45, 7) is 2.22. The van der Waals surface area contributed by atoms with E-state index >= 15 is 0 Å². The Hall–Kier alpha value is -2.37. The summed E-state index contributed by atoms with van der Waals surface area (Å²) in [5.74, 6) is -1.03. The number of carbonyl (C=O) groups is 3. The van der Waals surface area contributed by atoms with Gasteiger partial charge < -0.3 is 15.3 Å². The van der Waals surface area contributed by atoms with Gasteiger partial charge in [-0.1, -0.05) is 36.8 Å². The van der Waals surface area contributed by atoms with Crippen LogP contribution in [0.3, 0.4) is 0 Å². The molecule has 0 radical (unpaired) electrons. The number of carbonyl (C=O) groups excluding carboxylic acids is 2. The third kappa shape index (κ3) is 3.38. The highest BCUT2D eigenvalue weighted by atomic mass is 16.4. The SMILES string of the molecule is CC(=O)NC(CC(=O)N1C[C@@H]2CCC[C@@]2(C(=O)O)C1)c1ccccc1. The van der Waals surface area contributed by atoms with Gasteiger partial charge in [0, 0.05) is 20.0 Å². The van der Waals surface area contributed by atoms with Crippen LogP contribution in [0.1, 0.15) is 44.2 Å². The lowest BCUT2D eigenvalue weighted by Crippen LogP contribution is -2.38. The van der Waals surface area contributed by atoms with Crippen LogP contribution in [0.5, 0.6) is 0 Å². The van der Waals surface area contributed by atoms with E-state index in [1.165, 1.54) is 6.92 Å². The highest BCUT2D eigenvalue weighted by Gasteiger charge is 2.55. The lowest BCUT2D eigenvalue weighted by Gasteiger charge is -2.25. The number of nitrogens with one attached hydrogen (secondary N) is 1. The van der Waals surface area contributed by atoms with Gasteiger partial charge in [0.25, 0.3) is 0 Å². The van der Waals surface area contributed by atoms with E-state index in [0.717, 1.165) is 18.4 Å². The Morgan fingerprint density at radius 3 is 2.64 bits per heavy atom. The molecule has 3 atom stereocenters. The number of amides is 2. The van der Waals surface area contributed by atoms with Crippen LogP contribution >= 0.6 is 0 Å². The summed E-state index contributed by atoms with van der Waals surface area (Å²) in [4.78, 5) is 37.7. The standard InChI is InChI=1S/C19H24N2O4/c1-13(22)20-16(14-6-3-2-4-7-14)10-17(23)21-11-15-8-5-9-19(15,12-21)18(24)25/h2-4,6-7,15-16H,5,8-12H2,1H3,(H,20,22)(H,24,25)/t15-,16?,19+/m0/s1. The number of likely N-dealkylation sites (tertiary alicyclic amines) is 1. The number of carboxylic acids is 1. The van der Waals surface area contributed by atoms with Gasteiger partial charge in [0.1, 0.15) is 0 Å². The summed E-state index contributed by atoms with van der Waals surface area (Å²) in [5.41, 5.74) is 0.102. The van der Waals surface area contributed by atoms with Crippen LogP contribution in [0.15, 0.2) is 30.3 Å². The Bertz CT molecular complexity index is 675. The Balaban J connectivity index is 1.72. The van der Waals surface area contributed by atoms with Crippen LogP contribution in [0.4, 0.5) is 0 Å². The van der Waals surface area contributed by atoms with Crippen molar-refractivity contribution in [3.8, 4) is 0 Å². The van der Waals surface area contributed by atoms with Crippen molar-refractivity contribution >= 4 is 17.8 Å². The summed E-state index contributed by atoms with van der Waals surface area (Å²) >= 11 is 0. The second kappa shape index (κ2) is 6.86. The van der Waals surface area contributed by atoms with Crippen LogP contribution in [0, 0.1) is 11.3 Å². The smallest absolute Gasteiger partial charge is 0.311 e. The largest absolute Gasteiger partial charge is 0.481 e. The monoisotopic (exact) mass is 344 g/mol. The molecule has 1 saturated heterocycles. The van der Waals surface area contributed by atoms with Crippen molar-refractivity contribution in [2.45, 2.75) is 38.6 Å². The van der Waals surface area contributed by atoms with Gasteiger partial charge in [-0.25, -0.2) is 0 Å². The molecule has 2 N–H and O–H groups in total. The van der Waals surface area contributed by atoms with Crippen molar-refractivity contribution in [2.75, 3.05) is 13.1 Å². The van der Waals surface area contributed by atoms with E-state index in [9.17, 15) is 19.5 Å². The Kier molecular flexibility index (Phi) is 4.79. The summed E-state index contributed by atoms with van der Waals surface area (Å²) in [5, 5.41) is 12.5. The van der Waals surface area contributed by atoms with Gasteiger partial charge in [0.05, 0.1) is 17.9 Å². The number of nitrogens with zero attached hydrogens (tertiary/aromatic N) is 1. The third-order valence-corrected chi connectivity index (χ3v) is 5.61. The first-order chi connectivity index (χ1) is 11.9. The molecule has 2 amide bonds. The molecule has 6 nitrogen and oxygen atoms in total. The highest BCUT2D eigenvalue weighted by Crippen LogP contribution is 2.49. The Morgan fingerprint density at radius 1 is 1.32 bits per heavy atom. The molecule has 0 spiro atoms. The summed E-state index contributed by atoms with van der Waals surface area (Å²) < 4.78 is 0. The zero-order valence-electron chi connectivity index (χ0n) is 14.4. The first-order valence-electron chi connectivity index (χ1n) is 8.75. The molecule has 1 heterocycles. The van der Waals surface area contributed by atoms with Crippen molar-refractivity contribution < 1.29 is 19.5 Å². The van der Waals surface area contributed by atoms with Gasteiger partial charge in [0.2, 0.25) is 11.8 Å². The summed E-state index contributed by atoms with van der Waals surface area (Å²) in [6.07, 6.45) is 2.57. The predicted molar refractivity (Wildman–Crippen MR) is 91.6 cm³/mol. The van der Waals surface area contributed by atoms with Gasteiger partial charge in [-0.15, -0.1) is 0 Å². The van der Waals surface area contributed by atoms with E-state index in [0.29, 0.717) is 13.0 Å². The molecule has 25 heavy (non-hydrogen) atoms. The molecule has 2 fully saturated rings. The van der Waals surface area contributed by atoms with Crippen LogP contribution in [0.2, 0.25) is 0 Å². The maximum absolute atomic E-state index is 12.8. The van der Waals surface area contributed by atoms with Gasteiger partial charge in [-0.05, 0) is 24.3 Å². The van der Waals surface area contributed by atoms with Crippen molar-refractivity contribution in [1.29, 1.82) is 0 Å². The average molecular weight is 344 g/mol. The van der Waals surface area contributed by atoms with E-state index in [4.69, 9.17) is 0 Å². The molecule has 1 saturated carbocycles. The van der Waals surface area contributed by atoms with E-state index in [1.54, 1.807) is 4.90 Å². The molecule has 6 heteroatoms. The van der Waals surface area contributed by atoms with Gasteiger partial charge in [0.15, 0.2) is 0 Å². The number of rotatable bonds is 5. The maximum Gasteiger partial charge on any atom is 0.311 e. The number of benzene rings is 1. The van der Waals surface area contributed by atoms with Crippen molar-refractivity contribution in [2.24, 2.45) is 11.3 Å². The van der Waals surface area contributed by atoms with E-state index in [-0.39, 0.29) is 30.7 Å². The number of fused-ring (bicyclic) bond motifs is 1. The second-order valence-corrected chi connectivity index (χ2v) is 7.19. The fourth-order valence-corrected chi connectivity index (χ4v) is 4.32. The fraction of sp³-hybridized carbons (Fsp3) is 0.526. The first kappa shape index (κ1) is 17.5. The normalized spacial score (nSPS) is 26.1. The molecule has 1 aromatic carbocycles. The van der Waals surface area contributed by atoms with Gasteiger partial charge in [-0.3, -0.25) is 14.4 Å². The van der Waals surface area contributed by atoms with E-state index < -0.39 is 17.4 Å². The third-order valence-electron chi connectivity index (χ3n) is 5.61. The summed E-state index contributed by atoms with van der Waals surface area (Å²) in [6, 6.07) is 8.99. The molecule has 1 aliphatic carbocycles. The predicted octanol–water partition coefficient (Wildman–Crippen LogP) is 1.97. The van der Waals surface area contributed by atoms with E-state index in [1.807, 2.05) is 30.3 Å². The average Bonchev–Trinajstić information content (AvgIpc) is 3.13.